The number of likely N-dealkylation sites (tertiary alicyclic amines) is 1. The van der Waals surface area contributed by atoms with Crippen LogP contribution in [0.15, 0.2) is 12.1 Å². The topological polar surface area (TPSA) is 74.4 Å². The summed E-state index contributed by atoms with van der Waals surface area (Å²) in [5, 5.41) is 2.69. The highest BCUT2D eigenvalue weighted by molar-refractivity contribution is 6.31. The van der Waals surface area contributed by atoms with Gasteiger partial charge in [0.2, 0.25) is 0 Å². The fourth-order valence-electron chi connectivity index (χ4n) is 3.00. The van der Waals surface area contributed by atoms with E-state index in [2.05, 4.69) is 10.3 Å². The minimum Gasteiger partial charge on any atom is -0.444 e. The number of carbonyl (C=O) groups excluding carboxylic acids is 2. The number of H-pyrrole nitrogens is 1. The van der Waals surface area contributed by atoms with Crippen LogP contribution in [0.2, 0.25) is 5.02 Å². The average molecular weight is 400 g/mol. The van der Waals surface area contributed by atoms with Crippen molar-refractivity contribution in [3.8, 4) is 0 Å². The van der Waals surface area contributed by atoms with Gasteiger partial charge < -0.3 is 19.9 Å². The number of hydrogen-bond acceptors (Lipinski definition) is 3. The number of ether oxygens (including phenoxy) is 1. The first kappa shape index (κ1) is 19.4. The highest BCUT2D eigenvalue weighted by Crippen LogP contribution is 2.28. The second-order valence-electron chi connectivity index (χ2n) is 7.52. The molecular formula is C18H20ClF2N3O3. The lowest BCUT2D eigenvalue weighted by atomic mass is 10.2. The molecule has 0 saturated carbocycles. The van der Waals surface area contributed by atoms with Crippen molar-refractivity contribution in [2.75, 3.05) is 13.1 Å². The zero-order chi connectivity index (χ0) is 19.9. The van der Waals surface area contributed by atoms with Crippen LogP contribution in [0.1, 0.15) is 37.7 Å². The number of hydrogen-bond donors (Lipinski definition) is 2. The van der Waals surface area contributed by atoms with Gasteiger partial charge in [-0.1, -0.05) is 11.6 Å². The normalized spacial score (nSPS) is 17.4. The second kappa shape index (κ2) is 6.99. The molecule has 1 fully saturated rings. The van der Waals surface area contributed by atoms with Gasteiger partial charge in [-0.25, -0.2) is 13.6 Å². The van der Waals surface area contributed by atoms with Gasteiger partial charge in [0.15, 0.2) is 11.6 Å². The molecule has 0 radical (unpaired) electrons. The van der Waals surface area contributed by atoms with Crippen LogP contribution < -0.4 is 5.32 Å². The van der Waals surface area contributed by atoms with Crippen LogP contribution in [0.25, 0.3) is 10.9 Å². The maximum absolute atomic E-state index is 14.0. The van der Waals surface area contributed by atoms with Gasteiger partial charge in [0.05, 0.1) is 16.6 Å². The third-order valence-electron chi connectivity index (χ3n) is 4.18. The summed E-state index contributed by atoms with van der Waals surface area (Å²) >= 11 is 5.65. The lowest BCUT2D eigenvalue weighted by molar-refractivity contribution is 0.0502. The van der Waals surface area contributed by atoms with Gasteiger partial charge in [0, 0.05) is 18.5 Å². The molecule has 0 bridgehead atoms. The number of carbonyl (C=O) groups is 2. The van der Waals surface area contributed by atoms with E-state index in [9.17, 15) is 18.4 Å². The third kappa shape index (κ3) is 4.16. The zero-order valence-corrected chi connectivity index (χ0v) is 15.9. The van der Waals surface area contributed by atoms with E-state index in [4.69, 9.17) is 16.3 Å². The SMILES string of the molecule is CC(C)(C)OC(=O)N[C@@H]1CCN(C(=O)c2cc3cc(Cl)c(F)c(F)c3[nH]2)C1. The van der Waals surface area contributed by atoms with Crippen molar-refractivity contribution >= 4 is 34.5 Å². The van der Waals surface area contributed by atoms with Crippen molar-refractivity contribution < 1.29 is 23.1 Å². The first-order chi connectivity index (χ1) is 12.5. The molecule has 2 amide bonds. The number of nitrogens with one attached hydrogen (secondary N) is 2. The molecule has 2 heterocycles. The molecule has 27 heavy (non-hydrogen) atoms. The third-order valence-corrected chi connectivity index (χ3v) is 4.45. The van der Waals surface area contributed by atoms with Gasteiger partial charge in [0.25, 0.3) is 5.91 Å². The van der Waals surface area contributed by atoms with Gasteiger partial charge >= 0.3 is 6.09 Å². The molecule has 1 aliphatic rings. The molecule has 1 aromatic heterocycles. The number of alkyl carbamates (subject to hydrolysis) is 1. The number of nitrogens with zero attached hydrogens (tertiary/aromatic N) is 1. The highest BCUT2D eigenvalue weighted by atomic mass is 35.5. The Morgan fingerprint density at radius 1 is 1.30 bits per heavy atom. The summed E-state index contributed by atoms with van der Waals surface area (Å²) in [5.74, 6) is -2.65. The Hall–Kier alpha value is -2.35. The van der Waals surface area contributed by atoms with Crippen molar-refractivity contribution in [3.63, 3.8) is 0 Å². The summed E-state index contributed by atoms with van der Waals surface area (Å²) in [6, 6.07) is 2.46. The first-order valence-corrected chi connectivity index (χ1v) is 8.88. The molecule has 9 heteroatoms. The lowest BCUT2D eigenvalue weighted by Gasteiger charge is -2.22. The Bertz CT molecular complexity index is 907. The molecule has 1 atom stereocenters. The molecule has 1 aliphatic heterocycles. The highest BCUT2D eigenvalue weighted by Gasteiger charge is 2.30. The van der Waals surface area contributed by atoms with Gasteiger partial charge in [0.1, 0.15) is 11.3 Å². The van der Waals surface area contributed by atoms with Gasteiger partial charge in [-0.15, -0.1) is 0 Å². The number of rotatable bonds is 2. The molecule has 0 spiro atoms. The molecule has 0 unspecified atom stereocenters. The number of aromatic amines is 1. The Balaban J connectivity index is 1.69. The van der Waals surface area contributed by atoms with E-state index in [1.807, 2.05) is 0 Å². The van der Waals surface area contributed by atoms with E-state index in [1.54, 1.807) is 20.8 Å². The molecule has 2 aromatic rings. The van der Waals surface area contributed by atoms with Crippen LogP contribution >= 0.6 is 11.6 Å². The maximum Gasteiger partial charge on any atom is 0.407 e. The molecule has 1 saturated heterocycles. The number of halogens is 3. The molecule has 6 nitrogen and oxygen atoms in total. The summed E-state index contributed by atoms with van der Waals surface area (Å²) < 4.78 is 32.8. The molecule has 0 aliphatic carbocycles. The number of benzene rings is 1. The largest absolute Gasteiger partial charge is 0.444 e. The number of amides is 2. The van der Waals surface area contributed by atoms with Gasteiger partial charge in [-0.05, 0) is 39.3 Å². The standard InChI is InChI=1S/C18H20ClF2N3O3/c1-18(2,3)27-17(26)22-10-4-5-24(8-10)16(25)12-7-9-6-11(19)13(20)14(21)15(9)23-12/h6-7,10,23H,4-5,8H2,1-3H3,(H,22,26)/t10-/m1/s1. The Labute approximate surface area is 159 Å². The summed E-state index contributed by atoms with van der Waals surface area (Å²) in [4.78, 5) is 28.7. The maximum atomic E-state index is 14.0. The average Bonchev–Trinajstić information content (AvgIpc) is 3.17. The van der Waals surface area contributed by atoms with Crippen molar-refractivity contribution in [3.05, 3.63) is 34.5 Å². The van der Waals surface area contributed by atoms with Crippen LogP contribution in [-0.2, 0) is 4.74 Å². The Kier molecular flexibility index (Phi) is 5.03. The van der Waals surface area contributed by atoms with E-state index in [0.717, 1.165) is 0 Å². The zero-order valence-electron chi connectivity index (χ0n) is 15.2. The molecule has 146 valence electrons. The van der Waals surface area contributed by atoms with Crippen molar-refractivity contribution in [2.24, 2.45) is 0 Å². The van der Waals surface area contributed by atoms with E-state index in [-0.39, 0.29) is 28.2 Å². The van der Waals surface area contributed by atoms with Crippen LogP contribution in [0, 0.1) is 11.6 Å². The van der Waals surface area contributed by atoms with Crippen molar-refractivity contribution in [1.29, 1.82) is 0 Å². The summed E-state index contributed by atoms with van der Waals surface area (Å²) in [5.41, 5.74) is -0.588. The van der Waals surface area contributed by atoms with E-state index < -0.39 is 23.3 Å². The van der Waals surface area contributed by atoms with E-state index >= 15 is 0 Å². The van der Waals surface area contributed by atoms with E-state index in [1.165, 1.54) is 17.0 Å². The Morgan fingerprint density at radius 3 is 2.67 bits per heavy atom. The number of fused-ring (bicyclic) bond motifs is 1. The first-order valence-electron chi connectivity index (χ1n) is 8.50. The summed E-state index contributed by atoms with van der Waals surface area (Å²) in [6.45, 7) is 6.01. The second-order valence-corrected chi connectivity index (χ2v) is 7.92. The van der Waals surface area contributed by atoms with Gasteiger partial charge in [-0.2, -0.15) is 0 Å². The summed E-state index contributed by atoms with van der Waals surface area (Å²) in [7, 11) is 0. The molecule has 1 aromatic carbocycles. The number of aromatic nitrogens is 1. The molecule has 2 N–H and O–H groups in total. The Morgan fingerprint density at radius 2 is 2.00 bits per heavy atom. The van der Waals surface area contributed by atoms with Crippen LogP contribution in [0.4, 0.5) is 13.6 Å². The molecule has 3 rings (SSSR count). The van der Waals surface area contributed by atoms with Crippen molar-refractivity contribution in [1.82, 2.24) is 15.2 Å². The van der Waals surface area contributed by atoms with Crippen molar-refractivity contribution in [2.45, 2.75) is 38.8 Å². The summed E-state index contributed by atoms with van der Waals surface area (Å²) in [6.07, 6.45) is 0.0274. The lowest BCUT2D eigenvalue weighted by Crippen LogP contribution is -2.41. The van der Waals surface area contributed by atoms with Gasteiger partial charge in [-0.3, -0.25) is 4.79 Å². The van der Waals surface area contributed by atoms with Crippen LogP contribution in [0.5, 0.6) is 0 Å². The molecular weight excluding hydrogens is 380 g/mol. The van der Waals surface area contributed by atoms with Crippen LogP contribution in [-0.4, -0.2) is 46.6 Å². The fourth-order valence-corrected chi connectivity index (χ4v) is 3.20. The van der Waals surface area contributed by atoms with Crippen LogP contribution in [0.3, 0.4) is 0 Å². The monoisotopic (exact) mass is 399 g/mol. The minimum absolute atomic E-state index is 0.108. The van der Waals surface area contributed by atoms with E-state index in [0.29, 0.717) is 24.9 Å². The fraction of sp³-hybridized carbons (Fsp3) is 0.444. The quantitative estimate of drug-likeness (QED) is 0.753. The smallest absolute Gasteiger partial charge is 0.407 e. The minimum atomic E-state index is -1.16. The predicted molar refractivity (Wildman–Crippen MR) is 96.9 cm³/mol. The predicted octanol–water partition coefficient (Wildman–Crippen LogP) is 3.84.